The average molecular weight is 370 g/mol. The summed E-state index contributed by atoms with van der Waals surface area (Å²) < 4.78 is 27.0. The number of carbonyl (C=O) groups excluding carboxylic acids is 1. The summed E-state index contributed by atoms with van der Waals surface area (Å²) in [7, 11) is -1.92. The molecule has 0 aliphatic carbocycles. The van der Waals surface area contributed by atoms with E-state index in [4.69, 9.17) is 30.7 Å². The molecule has 0 saturated heterocycles. The number of hydrogen-bond acceptors (Lipinski definition) is 6. The first-order valence-electron chi connectivity index (χ1n) is 6.59. The summed E-state index contributed by atoms with van der Waals surface area (Å²) in [5, 5.41) is 4.25. The van der Waals surface area contributed by atoms with Gasteiger partial charge in [0.05, 0.1) is 5.69 Å². The number of ketones is 1. The first kappa shape index (κ1) is 18.3. The summed E-state index contributed by atoms with van der Waals surface area (Å²) in [6.45, 7) is 1.52. The number of nitrogens with zero attached hydrogens (tertiary/aromatic N) is 3. The van der Waals surface area contributed by atoms with Crippen molar-refractivity contribution in [3.8, 4) is 11.3 Å². The minimum absolute atomic E-state index is 0.0144. The molecule has 0 spiro atoms. The number of rotatable bonds is 6. The average Bonchev–Trinajstić information content (AvgIpc) is 2.97. The fourth-order valence-electron chi connectivity index (χ4n) is 2.02. The highest BCUT2D eigenvalue weighted by atomic mass is 35.5. The number of Topliss-reactive ketones (excluding diaryl/α,β-unsaturated/α-hetero) is 1. The summed E-state index contributed by atoms with van der Waals surface area (Å²) >= 11 is 5.84. The molecule has 0 amide bonds. The molecule has 2 rings (SSSR count). The van der Waals surface area contributed by atoms with E-state index in [0.29, 0.717) is 10.6 Å². The fourth-order valence-corrected chi connectivity index (χ4v) is 3.11. The zero-order chi connectivity index (χ0) is 17.9. The van der Waals surface area contributed by atoms with Gasteiger partial charge in [0.1, 0.15) is 5.56 Å². The van der Waals surface area contributed by atoms with Crippen molar-refractivity contribution in [2.45, 2.75) is 6.92 Å². The van der Waals surface area contributed by atoms with Crippen LogP contribution in [0.3, 0.4) is 0 Å². The quantitative estimate of drug-likeness (QED) is 0.252. The third kappa shape index (κ3) is 3.24. The van der Waals surface area contributed by atoms with Crippen LogP contribution in [0.15, 0.2) is 28.8 Å². The van der Waals surface area contributed by atoms with Crippen molar-refractivity contribution in [2.24, 2.45) is 0 Å². The highest BCUT2D eigenvalue weighted by Crippen LogP contribution is 2.48. The van der Waals surface area contributed by atoms with E-state index < -0.39 is 18.8 Å². The summed E-state index contributed by atoms with van der Waals surface area (Å²) in [6.07, 6.45) is 0. The van der Waals surface area contributed by atoms with Gasteiger partial charge in [0, 0.05) is 24.8 Å². The molecule has 0 fully saturated rings. The van der Waals surface area contributed by atoms with E-state index in [2.05, 4.69) is 9.95 Å². The third-order valence-corrected chi connectivity index (χ3v) is 5.26. The van der Waals surface area contributed by atoms with Crippen molar-refractivity contribution < 1.29 is 27.7 Å². The van der Waals surface area contributed by atoms with Crippen molar-refractivity contribution in [3.63, 3.8) is 0 Å². The zero-order valence-corrected chi connectivity index (χ0v) is 14.7. The molecule has 0 N–H and O–H groups in total. The lowest BCUT2D eigenvalue weighted by Gasteiger charge is -2.08. The van der Waals surface area contributed by atoms with Crippen molar-refractivity contribution in [3.05, 3.63) is 46.1 Å². The predicted octanol–water partition coefficient (Wildman–Crippen LogP) is 3.60. The molecule has 1 aromatic carbocycles. The number of aryl methyl sites for hydroxylation is 1. The number of carbonyl (C=O) groups is 1. The van der Waals surface area contributed by atoms with Crippen LogP contribution in [-0.2, 0) is 13.6 Å². The fraction of sp³-hybridized carbons (Fsp3) is 0.214. The van der Waals surface area contributed by atoms with E-state index >= 15 is 0 Å². The molecule has 1 aromatic heterocycles. The Morgan fingerprint density at radius 1 is 1.29 bits per heavy atom. The lowest BCUT2D eigenvalue weighted by Crippen LogP contribution is -2.19. The van der Waals surface area contributed by atoms with Crippen LogP contribution < -0.4 is 0 Å². The maximum absolute atomic E-state index is 12.7. The number of hydrogen-bond donors (Lipinski definition) is 0. The van der Waals surface area contributed by atoms with Gasteiger partial charge in [0.25, 0.3) is 5.78 Å². The van der Waals surface area contributed by atoms with Crippen LogP contribution in [0.25, 0.3) is 16.9 Å². The van der Waals surface area contributed by atoms with E-state index in [0.717, 1.165) is 14.2 Å². The van der Waals surface area contributed by atoms with Crippen molar-refractivity contribution in [1.82, 2.24) is 5.16 Å². The van der Waals surface area contributed by atoms with Gasteiger partial charge in [0.15, 0.2) is 5.76 Å². The SMILES string of the molecule is COP(=O)(OC)C(=[N+]=[N-])C(=O)c1c(C)noc1-c1ccc(Cl)cc1. The summed E-state index contributed by atoms with van der Waals surface area (Å²) in [5.74, 6) is -0.762. The van der Waals surface area contributed by atoms with Crippen molar-refractivity contribution >= 4 is 30.4 Å². The Balaban J connectivity index is 2.59. The molecule has 2 aromatic rings. The van der Waals surface area contributed by atoms with E-state index in [1.807, 2.05) is 0 Å². The lowest BCUT2D eigenvalue weighted by atomic mass is 10.0. The Bertz CT molecular complexity index is 863. The molecule has 0 saturated carbocycles. The standard InChI is InChI=1S/C14H13ClN3O5P/c1-8-11(12(19)14(17-16)24(20,21-2)22-3)13(23-18-8)9-4-6-10(15)7-5-9/h4-7H,1-3H3. The molecular formula is C14H13ClN3O5P. The zero-order valence-electron chi connectivity index (χ0n) is 13.0. The molecule has 0 atom stereocenters. The van der Waals surface area contributed by atoms with E-state index in [1.54, 1.807) is 24.3 Å². The Hall–Kier alpha value is -2.08. The van der Waals surface area contributed by atoms with Gasteiger partial charge < -0.3 is 19.1 Å². The minimum Gasteiger partial charge on any atom is -0.360 e. The molecule has 0 aliphatic heterocycles. The topological polar surface area (TPSA) is 115 Å². The molecule has 10 heteroatoms. The maximum atomic E-state index is 12.7. The van der Waals surface area contributed by atoms with Gasteiger partial charge >= 0.3 is 13.0 Å². The molecule has 126 valence electrons. The second kappa shape index (κ2) is 7.21. The van der Waals surface area contributed by atoms with Gasteiger partial charge in [-0.1, -0.05) is 16.8 Å². The smallest absolute Gasteiger partial charge is 0.360 e. The Morgan fingerprint density at radius 2 is 1.88 bits per heavy atom. The highest BCUT2D eigenvalue weighted by molar-refractivity contribution is 7.75. The maximum Gasteiger partial charge on any atom is 0.449 e. The molecule has 0 unspecified atom stereocenters. The van der Waals surface area contributed by atoms with Gasteiger partial charge in [-0.25, -0.2) is 4.57 Å². The first-order chi connectivity index (χ1) is 11.4. The molecule has 8 nitrogen and oxygen atoms in total. The Labute approximate surface area is 142 Å². The van der Waals surface area contributed by atoms with Gasteiger partial charge in [-0.3, -0.25) is 4.79 Å². The Morgan fingerprint density at radius 3 is 2.38 bits per heavy atom. The molecule has 0 aliphatic rings. The van der Waals surface area contributed by atoms with Crippen LogP contribution in [0.1, 0.15) is 16.1 Å². The van der Waals surface area contributed by atoms with Crippen LogP contribution in [0.5, 0.6) is 0 Å². The second-order valence-corrected chi connectivity index (χ2v) is 7.18. The van der Waals surface area contributed by atoms with Crippen LogP contribution in [0.4, 0.5) is 0 Å². The van der Waals surface area contributed by atoms with Crippen LogP contribution in [-0.4, -0.2) is 35.4 Å². The van der Waals surface area contributed by atoms with Crippen LogP contribution >= 0.6 is 19.2 Å². The van der Waals surface area contributed by atoms with E-state index in [1.165, 1.54) is 6.92 Å². The van der Waals surface area contributed by atoms with Crippen molar-refractivity contribution in [2.75, 3.05) is 14.2 Å². The normalized spacial score (nSPS) is 11.2. The van der Waals surface area contributed by atoms with Gasteiger partial charge in [-0.2, -0.15) is 4.79 Å². The van der Waals surface area contributed by atoms with Gasteiger partial charge in [-0.05, 0) is 31.2 Å². The number of halogens is 1. The first-order valence-corrected chi connectivity index (χ1v) is 8.51. The Kier molecular flexibility index (Phi) is 5.49. The van der Waals surface area contributed by atoms with Crippen LogP contribution in [0.2, 0.25) is 5.02 Å². The second-order valence-electron chi connectivity index (χ2n) is 4.59. The monoisotopic (exact) mass is 369 g/mol. The minimum atomic E-state index is -4.07. The third-order valence-electron chi connectivity index (χ3n) is 3.23. The van der Waals surface area contributed by atoms with E-state index in [-0.39, 0.29) is 17.0 Å². The summed E-state index contributed by atoms with van der Waals surface area (Å²) in [5.41, 5.74) is 9.11. The van der Waals surface area contributed by atoms with E-state index in [9.17, 15) is 9.36 Å². The molecule has 24 heavy (non-hydrogen) atoms. The number of benzene rings is 1. The summed E-state index contributed by atoms with van der Waals surface area (Å²) in [6, 6.07) is 6.47. The highest BCUT2D eigenvalue weighted by Gasteiger charge is 2.46. The molecular weight excluding hydrogens is 357 g/mol. The van der Waals surface area contributed by atoms with Gasteiger partial charge in [-0.15, -0.1) is 0 Å². The molecule has 0 radical (unpaired) electrons. The molecule has 1 heterocycles. The predicted molar refractivity (Wildman–Crippen MR) is 86.3 cm³/mol. The largest absolute Gasteiger partial charge is 0.449 e. The van der Waals surface area contributed by atoms with Crippen LogP contribution in [0, 0.1) is 6.92 Å². The lowest BCUT2D eigenvalue weighted by molar-refractivity contribution is -0.00425. The summed E-state index contributed by atoms with van der Waals surface area (Å²) in [4.78, 5) is 15.5. The number of aromatic nitrogens is 1. The molecule has 0 bridgehead atoms. The van der Waals surface area contributed by atoms with Crippen molar-refractivity contribution in [1.29, 1.82) is 0 Å². The van der Waals surface area contributed by atoms with Gasteiger partial charge in [0.2, 0.25) is 0 Å².